The largest absolute Gasteiger partial charge is 0.443 e. The van der Waals surface area contributed by atoms with Gasteiger partial charge in [0.05, 0.1) is 6.20 Å². The Balaban J connectivity index is 1.90. The molecule has 0 bridgehead atoms. The quantitative estimate of drug-likeness (QED) is 0.784. The number of hydrogen-bond donors (Lipinski definition) is 1. The van der Waals surface area contributed by atoms with Crippen LogP contribution in [-0.2, 0) is 11.3 Å². The fraction of sp³-hybridized carbons (Fsp3) is 0.167. The molecule has 0 radical (unpaired) electrons. The van der Waals surface area contributed by atoms with Gasteiger partial charge in [0.1, 0.15) is 18.3 Å². The van der Waals surface area contributed by atoms with Crippen LogP contribution in [0.5, 0.6) is 0 Å². The van der Waals surface area contributed by atoms with Crippen molar-refractivity contribution in [2.24, 2.45) is 0 Å². The topological polar surface area (TPSA) is 69.0 Å². The Labute approximate surface area is 140 Å². The number of nitrogens with zero attached hydrogens (tertiary/aromatic N) is 3. The third-order valence-corrected chi connectivity index (χ3v) is 3.61. The molecule has 1 N–H and O–H groups in total. The predicted octanol–water partition coefficient (Wildman–Crippen LogP) is 2.77. The van der Waals surface area contributed by atoms with Gasteiger partial charge < -0.3 is 10.1 Å². The average molecular weight is 322 g/mol. The van der Waals surface area contributed by atoms with Gasteiger partial charge in [-0.3, -0.25) is 0 Å². The summed E-state index contributed by atoms with van der Waals surface area (Å²) in [5.74, 6) is 0. The molecule has 0 aliphatic rings. The van der Waals surface area contributed by atoms with Gasteiger partial charge in [0.2, 0.25) is 0 Å². The molecule has 1 aromatic heterocycles. The van der Waals surface area contributed by atoms with E-state index in [1.165, 1.54) is 7.05 Å². The first kappa shape index (κ1) is 15.7. The first-order chi connectivity index (χ1) is 11.8. The van der Waals surface area contributed by atoms with Gasteiger partial charge in [0.15, 0.2) is 0 Å². The summed E-state index contributed by atoms with van der Waals surface area (Å²) in [6.45, 7) is 0.0793. The third-order valence-electron chi connectivity index (χ3n) is 3.61. The molecule has 0 spiro atoms. The minimum absolute atomic E-state index is 0.0793. The summed E-state index contributed by atoms with van der Waals surface area (Å²) >= 11 is 0. The maximum Gasteiger partial charge on any atom is 0.407 e. The number of nitrogens with one attached hydrogen (secondary N) is 1. The van der Waals surface area contributed by atoms with E-state index in [4.69, 9.17) is 4.74 Å². The molecule has 1 amide bonds. The second-order valence-electron chi connectivity index (χ2n) is 5.24. The molecule has 0 atom stereocenters. The van der Waals surface area contributed by atoms with Crippen molar-refractivity contribution < 1.29 is 9.53 Å². The molecule has 0 saturated carbocycles. The monoisotopic (exact) mass is 322 g/mol. The molecule has 3 aromatic rings. The zero-order valence-electron chi connectivity index (χ0n) is 13.3. The van der Waals surface area contributed by atoms with Crippen LogP contribution in [0.25, 0.3) is 0 Å². The average Bonchev–Trinajstić information content (AvgIpc) is 3.10. The SMILES string of the molecule is CNC(=O)OCc1cn(C(c2ccccc2)c2ccccc2)nn1. The van der Waals surface area contributed by atoms with Crippen molar-refractivity contribution >= 4 is 6.09 Å². The zero-order valence-corrected chi connectivity index (χ0v) is 13.3. The molecule has 0 aliphatic heterocycles. The van der Waals surface area contributed by atoms with Crippen molar-refractivity contribution in [3.05, 3.63) is 83.7 Å². The molecule has 6 heteroatoms. The van der Waals surface area contributed by atoms with Crippen LogP contribution in [0.15, 0.2) is 66.9 Å². The van der Waals surface area contributed by atoms with E-state index in [0.717, 1.165) is 11.1 Å². The first-order valence-corrected chi connectivity index (χ1v) is 7.63. The predicted molar refractivity (Wildman–Crippen MR) is 89.4 cm³/mol. The van der Waals surface area contributed by atoms with E-state index in [-0.39, 0.29) is 12.6 Å². The molecule has 122 valence electrons. The molecule has 24 heavy (non-hydrogen) atoms. The molecule has 1 heterocycles. The summed E-state index contributed by atoms with van der Waals surface area (Å²) in [6.07, 6.45) is 1.31. The second-order valence-corrected chi connectivity index (χ2v) is 5.24. The lowest BCUT2D eigenvalue weighted by Crippen LogP contribution is -2.18. The van der Waals surface area contributed by atoms with E-state index in [0.29, 0.717) is 5.69 Å². The summed E-state index contributed by atoms with van der Waals surface area (Å²) in [5, 5.41) is 10.7. The van der Waals surface area contributed by atoms with Crippen LogP contribution in [0, 0.1) is 0 Å². The normalized spacial score (nSPS) is 10.6. The molecular formula is C18H18N4O2. The molecule has 0 unspecified atom stereocenters. The van der Waals surface area contributed by atoms with Crippen LogP contribution in [0.3, 0.4) is 0 Å². The van der Waals surface area contributed by atoms with Crippen molar-refractivity contribution in [3.63, 3.8) is 0 Å². The van der Waals surface area contributed by atoms with E-state index >= 15 is 0 Å². The van der Waals surface area contributed by atoms with E-state index in [1.54, 1.807) is 10.9 Å². The third kappa shape index (κ3) is 3.60. The van der Waals surface area contributed by atoms with Crippen LogP contribution < -0.4 is 5.32 Å². The molecule has 0 fully saturated rings. The molecule has 0 aliphatic carbocycles. The highest BCUT2D eigenvalue weighted by molar-refractivity contribution is 5.66. The number of carbonyl (C=O) groups excluding carboxylic acids is 1. The molecule has 3 rings (SSSR count). The fourth-order valence-corrected chi connectivity index (χ4v) is 2.49. The van der Waals surface area contributed by atoms with Gasteiger partial charge in [-0.15, -0.1) is 5.10 Å². The van der Waals surface area contributed by atoms with Crippen molar-refractivity contribution in [3.8, 4) is 0 Å². The smallest absolute Gasteiger partial charge is 0.407 e. The summed E-state index contributed by atoms with van der Waals surface area (Å²) < 4.78 is 6.80. The number of ether oxygens (including phenoxy) is 1. The Kier molecular flexibility index (Phi) is 4.86. The lowest BCUT2D eigenvalue weighted by Gasteiger charge is -2.17. The Morgan fingerprint density at radius 3 is 2.21 bits per heavy atom. The van der Waals surface area contributed by atoms with Gasteiger partial charge >= 0.3 is 6.09 Å². The Morgan fingerprint density at radius 2 is 1.67 bits per heavy atom. The summed E-state index contributed by atoms with van der Waals surface area (Å²) in [6, 6.07) is 20.1. The van der Waals surface area contributed by atoms with Crippen molar-refractivity contribution in [2.75, 3.05) is 7.05 Å². The highest BCUT2D eigenvalue weighted by Gasteiger charge is 2.18. The van der Waals surface area contributed by atoms with E-state index in [2.05, 4.69) is 39.9 Å². The lowest BCUT2D eigenvalue weighted by atomic mass is 9.99. The van der Waals surface area contributed by atoms with Gasteiger partial charge in [-0.25, -0.2) is 9.48 Å². The summed E-state index contributed by atoms with van der Waals surface area (Å²) in [7, 11) is 1.51. The van der Waals surface area contributed by atoms with Crippen LogP contribution in [0.1, 0.15) is 22.9 Å². The van der Waals surface area contributed by atoms with E-state index < -0.39 is 6.09 Å². The Hall–Kier alpha value is -3.15. The number of aromatic nitrogens is 3. The number of benzene rings is 2. The summed E-state index contributed by atoms with van der Waals surface area (Å²) in [4.78, 5) is 11.2. The highest BCUT2D eigenvalue weighted by atomic mass is 16.5. The Morgan fingerprint density at radius 1 is 1.08 bits per heavy atom. The van der Waals surface area contributed by atoms with E-state index in [9.17, 15) is 4.79 Å². The minimum atomic E-state index is -0.493. The van der Waals surface area contributed by atoms with Gasteiger partial charge in [0.25, 0.3) is 0 Å². The minimum Gasteiger partial charge on any atom is -0.443 e. The van der Waals surface area contributed by atoms with Crippen LogP contribution >= 0.6 is 0 Å². The van der Waals surface area contributed by atoms with Gasteiger partial charge in [-0.2, -0.15) is 0 Å². The molecule has 6 nitrogen and oxygen atoms in total. The van der Waals surface area contributed by atoms with Gasteiger partial charge in [0, 0.05) is 7.05 Å². The molecule has 2 aromatic carbocycles. The van der Waals surface area contributed by atoms with Crippen LogP contribution in [-0.4, -0.2) is 28.1 Å². The number of rotatable bonds is 5. The van der Waals surface area contributed by atoms with Gasteiger partial charge in [-0.05, 0) is 11.1 Å². The van der Waals surface area contributed by atoms with Crippen LogP contribution in [0.2, 0.25) is 0 Å². The van der Waals surface area contributed by atoms with Crippen LogP contribution in [0.4, 0.5) is 4.79 Å². The van der Waals surface area contributed by atoms with Crippen molar-refractivity contribution in [2.45, 2.75) is 12.6 Å². The van der Waals surface area contributed by atoms with E-state index in [1.807, 2.05) is 36.4 Å². The molecular weight excluding hydrogens is 304 g/mol. The number of alkyl carbamates (subject to hydrolysis) is 1. The lowest BCUT2D eigenvalue weighted by molar-refractivity contribution is 0.140. The molecule has 0 saturated heterocycles. The highest BCUT2D eigenvalue weighted by Crippen LogP contribution is 2.25. The van der Waals surface area contributed by atoms with Crippen molar-refractivity contribution in [1.29, 1.82) is 0 Å². The zero-order chi connectivity index (χ0) is 16.8. The first-order valence-electron chi connectivity index (χ1n) is 7.63. The Bertz CT molecular complexity index is 748. The van der Waals surface area contributed by atoms with Crippen molar-refractivity contribution in [1.82, 2.24) is 20.3 Å². The number of amides is 1. The summed E-state index contributed by atoms with van der Waals surface area (Å²) in [5.41, 5.74) is 2.80. The maximum absolute atomic E-state index is 11.2. The number of carbonyl (C=O) groups is 1. The fourth-order valence-electron chi connectivity index (χ4n) is 2.49. The maximum atomic E-state index is 11.2. The standard InChI is InChI=1S/C18H18N4O2/c1-19-18(23)24-13-16-12-22(21-20-16)17(14-8-4-2-5-9-14)15-10-6-3-7-11-15/h2-12,17H,13H2,1H3,(H,19,23). The van der Waals surface area contributed by atoms with Gasteiger partial charge in [-0.1, -0.05) is 65.9 Å². The second kappa shape index (κ2) is 7.41. The number of hydrogen-bond acceptors (Lipinski definition) is 4.